The second-order valence-electron chi connectivity index (χ2n) is 5.18. The maximum absolute atomic E-state index is 11.7. The predicted octanol–water partition coefficient (Wildman–Crippen LogP) is 2.44. The van der Waals surface area contributed by atoms with Gasteiger partial charge in [0.25, 0.3) is 0 Å². The SMILES string of the molecule is Cc1cccc(CNC(=O)CNCCc2ccccc2)c1. The summed E-state index contributed by atoms with van der Waals surface area (Å²) in [6, 6.07) is 18.4. The summed E-state index contributed by atoms with van der Waals surface area (Å²) in [5, 5.41) is 6.09. The first-order valence-electron chi connectivity index (χ1n) is 7.31. The van der Waals surface area contributed by atoms with Crippen molar-refractivity contribution >= 4 is 5.91 Å². The molecule has 0 radical (unpaired) electrons. The fraction of sp³-hybridized carbons (Fsp3) is 0.278. The van der Waals surface area contributed by atoms with E-state index >= 15 is 0 Å². The molecule has 0 aliphatic rings. The van der Waals surface area contributed by atoms with Crippen molar-refractivity contribution in [2.75, 3.05) is 13.1 Å². The van der Waals surface area contributed by atoms with E-state index in [0.717, 1.165) is 18.5 Å². The van der Waals surface area contributed by atoms with Crippen molar-refractivity contribution in [1.82, 2.24) is 10.6 Å². The van der Waals surface area contributed by atoms with E-state index in [4.69, 9.17) is 0 Å². The van der Waals surface area contributed by atoms with Crippen molar-refractivity contribution in [1.29, 1.82) is 0 Å². The molecule has 0 fully saturated rings. The van der Waals surface area contributed by atoms with E-state index in [-0.39, 0.29) is 5.91 Å². The number of nitrogens with one attached hydrogen (secondary N) is 2. The van der Waals surface area contributed by atoms with Crippen molar-refractivity contribution in [2.45, 2.75) is 19.9 Å². The van der Waals surface area contributed by atoms with Crippen LogP contribution in [-0.2, 0) is 17.8 Å². The molecule has 0 aliphatic heterocycles. The number of aryl methyl sites for hydroxylation is 1. The van der Waals surface area contributed by atoms with Gasteiger partial charge in [0.1, 0.15) is 0 Å². The van der Waals surface area contributed by atoms with Crippen LogP contribution in [0.25, 0.3) is 0 Å². The van der Waals surface area contributed by atoms with Gasteiger partial charge in [-0.15, -0.1) is 0 Å². The maximum Gasteiger partial charge on any atom is 0.234 e. The summed E-state index contributed by atoms with van der Waals surface area (Å²) in [6.45, 7) is 3.80. The van der Waals surface area contributed by atoms with Gasteiger partial charge in [0.15, 0.2) is 0 Å². The molecule has 0 aromatic heterocycles. The van der Waals surface area contributed by atoms with E-state index in [1.807, 2.05) is 30.3 Å². The van der Waals surface area contributed by atoms with Gasteiger partial charge in [-0.3, -0.25) is 4.79 Å². The highest BCUT2D eigenvalue weighted by Gasteiger charge is 2.01. The van der Waals surface area contributed by atoms with E-state index < -0.39 is 0 Å². The second kappa shape index (κ2) is 8.22. The van der Waals surface area contributed by atoms with Crippen molar-refractivity contribution in [3.63, 3.8) is 0 Å². The molecule has 0 aliphatic carbocycles. The summed E-state index contributed by atoms with van der Waals surface area (Å²) in [4.78, 5) is 11.7. The summed E-state index contributed by atoms with van der Waals surface area (Å²) in [5.41, 5.74) is 3.63. The number of carbonyl (C=O) groups is 1. The Morgan fingerprint density at radius 2 is 1.76 bits per heavy atom. The van der Waals surface area contributed by atoms with Gasteiger partial charge in [0.05, 0.1) is 6.54 Å². The number of benzene rings is 2. The van der Waals surface area contributed by atoms with Gasteiger partial charge in [0.2, 0.25) is 5.91 Å². The van der Waals surface area contributed by atoms with Gasteiger partial charge in [-0.1, -0.05) is 60.2 Å². The number of amides is 1. The zero-order valence-electron chi connectivity index (χ0n) is 12.4. The summed E-state index contributed by atoms with van der Waals surface area (Å²) in [5.74, 6) is 0.0320. The lowest BCUT2D eigenvalue weighted by Gasteiger charge is -2.07. The van der Waals surface area contributed by atoms with Crippen LogP contribution in [0, 0.1) is 6.92 Å². The minimum atomic E-state index is 0.0320. The molecule has 0 heterocycles. The number of hydrogen-bond donors (Lipinski definition) is 2. The first kappa shape index (κ1) is 15.3. The molecule has 1 amide bonds. The Hall–Kier alpha value is -2.13. The largest absolute Gasteiger partial charge is 0.351 e. The molecule has 2 rings (SSSR count). The minimum absolute atomic E-state index is 0.0320. The molecule has 0 bridgehead atoms. The minimum Gasteiger partial charge on any atom is -0.351 e. The molecular formula is C18H22N2O. The predicted molar refractivity (Wildman–Crippen MR) is 86.0 cm³/mol. The fourth-order valence-corrected chi connectivity index (χ4v) is 2.16. The van der Waals surface area contributed by atoms with Gasteiger partial charge < -0.3 is 10.6 Å². The smallest absolute Gasteiger partial charge is 0.234 e. The molecule has 2 aromatic rings. The molecule has 0 saturated heterocycles. The van der Waals surface area contributed by atoms with E-state index in [1.54, 1.807) is 0 Å². The highest BCUT2D eigenvalue weighted by Crippen LogP contribution is 2.03. The van der Waals surface area contributed by atoms with Crippen LogP contribution in [-0.4, -0.2) is 19.0 Å². The van der Waals surface area contributed by atoms with E-state index in [0.29, 0.717) is 13.1 Å². The standard InChI is InChI=1S/C18H22N2O/c1-15-6-5-9-17(12-15)13-20-18(21)14-19-11-10-16-7-3-2-4-8-16/h2-9,12,19H,10-11,13-14H2,1H3,(H,20,21). The lowest BCUT2D eigenvalue weighted by molar-refractivity contribution is -0.120. The second-order valence-corrected chi connectivity index (χ2v) is 5.18. The number of rotatable bonds is 7. The Bertz CT molecular complexity index is 566. The van der Waals surface area contributed by atoms with Crippen LogP contribution in [0.5, 0.6) is 0 Å². The third-order valence-electron chi connectivity index (χ3n) is 3.29. The highest BCUT2D eigenvalue weighted by molar-refractivity contribution is 5.77. The molecule has 21 heavy (non-hydrogen) atoms. The van der Waals surface area contributed by atoms with Gasteiger partial charge in [-0.2, -0.15) is 0 Å². The Balaban J connectivity index is 1.62. The topological polar surface area (TPSA) is 41.1 Å². The van der Waals surface area contributed by atoms with Crippen LogP contribution < -0.4 is 10.6 Å². The molecule has 0 saturated carbocycles. The van der Waals surface area contributed by atoms with Gasteiger partial charge in [-0.25, -0.2) is 0 Å². The van der Waals surface area contributed by atoms with E-state index in [9.17, 15) is 4.79 Å². The zero-order valence-corrected chi connectivity index (χ0v) is 12.4. The molecule has 3 heteroatoms. The van der Waals surface area contributed by atoms with E-state index in [1.165, 1.54) is 11.1 Å². The molecule has 110 valence electrons. The molecular weight excluding hydrogens is 260 g/mol. The first-order valence-corrected chi connectivity index (χ1v) is 7.31. The number of hydrogen-bond acceptors (Lipinski definition) is 2. The molecule has 0 spiro atoms. The van der Waals surface area contributed by atoms with E-state index in [2.05, 4.69) is 41.8 Å². The van der Waals surface area contributed by atoms with Crippen LogP contribution in [0.3, 0.4) is 0 Å². The van der Waals surface area contributed by atoms with Crippen molar-refractivity contribution in [2.24, 2.45) is 0 Å². The van der Waals surface area contributed by atoms with Crippen LogP contribution >= 0.6 is 0 Å². The van der Waals surface area contributed by atoms with Crippen LogP contribution in [0.2, 0.25) is 0 Å². The third kappa shape index (κ3) is 5.79. The Morgan fingerprint density at radius 1 is 1.00 bits per heavy atom. The molecule has 3 nitrogen and oxygen atoms in total. The van der Waals surface area contributed by atoms with Gasteiger partial charge >= 0.3 is 0 Å². The van der Waals surface area contributed by atoms with Gasteiger partial charge in [-0.05, 0) is 31.0 Å². The maximum atomic E-state index is 11.7. The van der Waals surface area contributed by atoms with Crippen molar-refractivity contribution in [3.05, 3.63) is 71.3 Å². The molecule has 2 aromatic carbocycles. The van der Waals surface area contributed by atoms with Gasteiger partial charge in [0, 0.05) is 6.54 Å². The van der Waals surface area contributed by atoms with Crippen molar-refractivity contribution < 1.29 is 4.79 Å². The monoisotopic (exact) mass is 282 g/mol. The average molecular weight is 282 g/mol. The summed E-state index contributed by atoms with van der Waals surface area (Å²) in [7, 11) is 0. The molecule has 0 atom stereocenters. The van der Waals surface area contributed by atoms with Crippen molar-refractivity contribution in [3.8, 4) is 0 Å². The average Bonchev–Trinajstić information content (AvgIpc) is 2.51. The van der Waals surface area contributed by atoms with Crippen LogP contribution in [0.4, 0.5) is 0 Å². The number of carbonyl (C=O) groups excluding carboxylic acids is 1. The lowest BCUT2D eigenvalue weighted by Crippen LogP contribution is -2.34. The first-order chi connectivity index (χ1) is 10.2. The third-order valence-corrected chi connectivity index (χ3v) is 3.29. The highest BCUT2D eigenvalue weighted by atomic mass is 16.1. The molecule has 0 unspecified atom stereocenters. The Morgan fingerprint density at radius 3 is 2.52 bits per heavy atom. The Labute approximate surface area is 126 Å². The normalized spacial score (nSPS) is 10.3. The fourth-order valence-electron chi connectivity index (χ4n) is 2.16. The summed E-state index contributed by atoms with van der Waals surface area (Å²) >= 11 is 0. The summed E-state index contributed by atoms with van der Waals surface area (Å²) < 4.78 is 0. The quantitative estimate of drug-likeness (QED) is 0.766. The lowest BCUT2D eigenvalue weighted by atomic mass is 10.1. The van der Waals surface area contributed by atoms with Crippen LogP contribution in [0.15, 0.2) is 54.6 Å². The molecule has 2 N–H and O–H groups in total. The summed E-state index contributed by atoms with van der Waals surface area (Å²) in [6.07, 6.45) is 0.937. The Kier molecular flexibility index (Phi) is 5.98. The van der Waals surface area contributed by atoms with Crippen LogP contribution in [0.1, 0.15) is 16.7 Å². The zero-order chi connectivity index (χ0) is 14.9.